The van der Waals surface area contributed by atoms with Gasteiger partial charge in [0.2, 0.25) is 0 Å². The van der Waals surface area contributed by atoms with E-state index >= 15 is 0 Å². The Hall–Kier alpha value is -1.19. The van der Waals surface area contributed by atoms with Gasteiger partial charge in [0.05, 0.1) is 19.3 Å². The molecule has 2 atom stereocenters. The molecule has 3 nitrogen and oxygen atoms in total. The van der Waals surface area contributed by atoms with Crippen LogP contribution in [0.5, 0.6) is 0 Å². The summed E-state index contributed by atoms with van der Waals surface area (Å²) in [7, 11) is 0. The summed E-state index contributed by atoms with van der Waals surface area (Å²) >= 11 is 0. The first-order chi connectivity index (χ1) is 7.61. The topological polar surface area (TPSA) is 46.5 Å². The molecule has 0 heterocycles. The highest BCUT2D eigenvalue weighted by Gasteiger charge is 2.18. The average molecular weight is 222 g/mol. The molecule has 0 aliphatic rings. The van der Waals surface area contributed by atoms with Gasteiger partial charge >= 0.3 is 0 Å². The Kier molecular flexibility index (Phi) is 5.15. The first-order valence-corrected chi connectivity index (χ1v) is 5.41. The molecule has 0 fully saturated rings. The summed E-state index contributed by atoms with van der Waals surface area (Å²) in [5, 5.41) is 9.62. The van der Waals surface area contributed by atoms with Crippen LogP contribution in [0, 0.1) is 5.92 Å². The number of hydrogen-bond acceptors (Lipinski definition) is 3. The monoisotopic (exact) mass is 222 g/mol. The number of rotatable bonds is 6. The highest BCUT2D eigenvalue weighted by atomic mass is 16.5. The van der Waals surface area contributed by atoms with Gasteiger partial charge in [-0.15, -0.1) is 0 Å². The molecule has 0 bridgehead atoms. The number of aliphatic hydroxyl groups excluding tert-OH is 1. The van der Waals surface area contributed by atoms with Crippen molar-refractivity contribution in [2.45, 2.75) is 26.6 Å². The molecular weight excluding hydrogens is 204 g/mol. The fourth-order valence-electron chi connectivity index (χ4n) is 1.29. The predicted octanol–water partition coefficient (Wildman–Crippen LogP) is 1.79. The molecule has 0 aliphatic heterocycles. The lowest BCUT2D eigenvalue weighted by molar-refractivity contribution is -0.125. The van der Waals surface area contributed by atoms with Crippen LogP contribution in [-0.4, -0.2) is 23.6 Å². The number of benzene rings is 1. The van der Waals surface area contributed by atoms with Crippen LogP contribution < -0.4 is 0 Å². The van der Waals surface area contributed by atoms with Crippen molar-refractivity contribution in [2.75, 3.05) is 6.61 Å². The van der Waals surface area contributed by atoms with Crippen LogP contribution in [0.4, 0.5) is 0 Å². The molecule has 0 radical (unpaired) electrons. The minimum Gasteiger partial charge on any atom is -0.390 e. The molecule has 0 saturated carbocycles. The maximum absolute atomic E-state index is 11.0. The van der Waals surface area contributed by atoms with Gasteiger partial charge in [0.1, 0.15) is 5.78 Å². The first-order valence-electron chi connectivity index (χ1n) is 5.41. The summed E-state index contributed by atoms with van der Waals surface area (Å²) in [4.78, 5) is 11.0. The largest absolute Gasteiger partial charge is 0.390 e. The zero-order valence-electron chi connectivity index (χ0n) is 9.72. The lowest BCUT2D eigenvalue weighted by Gasteiger charge is -2.16. The van der Waals surface area contributed by atoms with Crippen LogP contribution in [0.2, 0.25) is 0 Å². The van der Waals surface area contributed by atoms with Crippen molar-refractivity contribution in [1.29, 1.82) is 0 Å². The fraction of sp³-hybridized carbons (Fsp3) is 0.462. The number of carbonyl (C=O) groups excluding carboxylic acids is 1. The van der Waals surface area contributed by atoms with E-state index in [-0.39, 0.29) is 18.3 Å². The van der Waals surface area contributed by atoms with Gasteiger partial charge in [0.25, 0.3) is 0 Å². The molecular formula is C13H18O3. The van der Waals surface area contributed by atoms with E-state index in [9.17, 15) is 9.90 Å². The van der Waals surface area contributed by atoms with Crippen molar-refractivity contribution in [3.05, 3.63) is 35.9 Å². The minimum absolute atomic E-state index is 0.0178. The molecule has 0 aromatic heterocycles. The summed E-state index contributed by atoms with van der Waals surface area (Å²) in [5.74, 6) is -0.383. The van der Waals surface area contributed by atoms with Crippen molar-refractivity contribution >= 4 is 5.78 Å². The lowest BCUT2D eigenvalue weighted by atomic mass is 10.0. The third-order valence-corrected chi connectivity index (χ3v) is 2.62. The van der Waals surface area contributed by atoms with Crippen LogP contribution in [0.3, 0.4) is 0 Å². The standard InChI is InChI=1S/C13H18O3/c1-10(11(2)14)13(15)9-16-8-12-6-4-3-5-7-12/h3-7,10,13,15H,8-9H2,1-2H3. The van der Waals surface area contributed by atoms with Crippen LogP contribution in [0.15, 0.2) is 30.3 Å². The van der Waals surface area contributed by atoms with Gasteiger partial charge < -0.3 is 9.84 Å². The second-order valence-corrected chi connectivity index (χ2v) is 3.97. The Labute approximate surface area is 96.1 Å². The lowest BCUT2D eigenvalue weighted by Crippen LogP contribution is -2.28. The van der Waals surface area contributed by atoms with Crippen molar-refractivity contribution in [3.63, 3.8) is 0 Å². The molecule has 0 aliphatic carbocycles. The summed E-state index contributed by atoms with van der Waals surface area (Å²) in [5.41, 5.74) is 1.06. The molecule has 3 heteroatoms. The van der Waals surface area contributed by atoms with Crippen LogP contribution in [0.1, 0.15) is 19.4 Å². The Bertz CT molecular complexity index is 321. The van der Waals surface area contributed by atoms with Crippen molar-refractivity contribution in [1.82, 2.24) is 0 Å². The zero-order chi connectivity index (χ0) is 12.0. The number of hydrogen-bond donors (Lipinski definition) is 1. The summed E-state index contributed by atoms with van der Waals surface area (Å²) in [6.07, 6.45) is -0.721. The van der Waals surface area contributed by atoms with E-state index in [0.717, 1.165) is 5.56 Å². The van der Waals surface area contributed by atoms with Gasteiger partial charge in [-0.05, 0) is 12.5 Å². The molecule has 1 rings (SSSR count). The number of aliphatic hydroxyl groups is 1. The van der Waals surface area contributed by atoms with E-state index in [1.54, 1.807) is 6.92 Å². The highest BCUT2D eigenvalue weighted by molar-refractivity contribution is 5.78. The van der Waals surface area contributed by atoms with Gasteiger partial charge in [-0.1, -0.05) is 37.3 Å². The molecule has 1 N–H and O–H groups in total. The normalized spacial score (nSPS) is 14.4. The predicted molar refractivity (Wildman–Crippen MR) is 61.9 cm³/mol. The Morgan fingerprint density at radius 3 is 2.56 bits per heavy atom. The van der Waals surface area contributed by atoms with Gasteiger partial charge in [0.15, 0.2) is 0 Å². The van der Waals surface area contributed by atoms with E-state index in [1.807, 2.05) is 30.3 Å². The third-order valence-electron chi connectivity index (χ3n) is 2.62. The number of Topliss-reactive ketones (excluding diaryl/α,β-unsaturated/α-hetero) is 1. The molecule has 88 valence electrons. The minimum atomic E-state index is -0.721. The van der Waals surface area contributed by atoms with Crippen molar-refractivity contribution in [3.8, 4) is 0 Å². The average Bonchev–Trinajstić information content (AvgIpc) is 2.29. The maximum Gasteiger partial charge on any atom is 0.135 e. The van der Waals surface area contributed by atoms with Crippen LogP contribution in [0.25, 0.3) is 0 Å². The molecule has 0 spiro atoms. The Morgan fingerprint density at radius 2 is 2.00 bits per heavy atom. The zero-order valence-corrected chi connectivity index (χ0v) is 9.72. The van der Waals surface area contributed by atoms with Gasteiger partial charge in [-0.2, -0.15) is 0 Å². The first kappa shape index (κ1) is 12.9. The van der Waals surface area contributed by atoms with Gasteiger partial charge in [-0.3, -0.25) is 4.79 Å². The quantitative estimate of drug-likeness (QED) is 0.798. The van der Waals surface area contributed by atoms with Crippen LogP contribution >= 0.6 is 0 Å². The third kappa shape index (κ3) is 4.13. The highest BCUT2D eigenvalue weighted by Crippen LogP contribution is 2.06. The number of carbonyl (C=O) groups is 1. The summed E-state index contributed by atoms with van der Waals surface area (Å²) < 4.78 is 5.35. The Morgan fingerprint density at radius 1 is 1.38 bits per heavy atom. The number of ether oxygens (including phenoxy) is 1. The molecule has 1 aromatic carbocycles. The molecule has 0 amide bonds. The Balaban J connectivity index is 2.28. The second-order valence-electron chi connectivity index (χ2n) is 3.97. The summed E-state index contributed by atoms with van der Waals surface area (Å²) in [6.45, 7) is 3.84. The van der Waals surface area contributed by atoms with E-state index < -0.39 is 6.10 Å². The van der Waals surface area contributed by atoms with E-state index in [4.69, 9.17) is 4.74 Å². The maximum atomic E-state index is 11.0. The summed E-state index contributed by atoms with van der Waals surface area (Å²) in [6, 6.07) is 9.73. The van der Waals surface area contributed by atoms with Crippen molar-refractivity contribution < 1.29 is 14.6 Å². The molecule has 1 aromatic rings. The van der Waals surface area contributed by atoms with Gasteiger partial charge in [0, 0.05) is 5.92 Å². The SMILES string of the molecule is CC(=O)C(C)C(O)COCc1ccccc1. The van der Waals surface area contributed by atoms with E-state index in [1.165, 1.54) is 6.92 Å². The fourth-order valence-corrected chi connectivity index (χ4v) is 1.29. The van der Waals surface area contributed by atoms with Gasteiger partial charge in [-0.25, -0.2) is 0 Å². The molecule has 2 unspecified atom stereocenters. The second kappa shape index (κ2) is 6.40. The smallest absolute Gasteiger partial charge is 0.135 e. The van der Waals surface area contributed by atoms with E-state index in [2.05, 4.69) is 0 Å². The molecule has 0 saturated heterocycles. The van der Waals surface area contributed by atoms with Crippen molar-refractivity contribution in [2.24, 2.45) is 5.92 Å². The molecule has 16 heavy (non-hydrogen) atoms. The number of ketones is 1. The van der Waals surface area contributed by atoms with Crippen LogP contribution in [-0.2, 0) is 16.1 Å². The van der Waals surface area contributed by atoms with E-state index in [0.29, 0.717) is 6.61 Å².